The number of nitrogens with zero attached hydrogens (tertiary/aromatic N) is 4. The van der Waals surface area contributed by atoms with E-state index in [1.807, 2.05) is 4.90 Å². The molecule has 3 aliphatic heterocycles. The molecule has 244 valence electrons. The summed E-state index contributed by atoms with van der Waals surface area (Å²) in [6.45, 7) is 15.8. The van der Waals surface area contributed by atoms with Crippen LogP contribution in [0.5, 0.6) is 0 Å². The van der Waals surface area contributed by atoms with E-state index in [0.29, 0.717) is 58.7 Å². The van der Waals surface area contributed by atoms with Crippen molar-refractivity contribution in [2.75, 3.05) is 78.7 Å². The molecule has 43 heavy (non-hydrogen) atoms. The Balaban J connectivity index is 1.36. The summed E-state index contributed by atoms with van der Waals surface area (Å²) in [4.78, 5) is 57.5. The molecule has 0 spiro atoms. The van der Waals surface area contributed by atoms with Crippen molar-refractivity contribution in [1.82, 2.24) is 24.9 Å². The van der Waals surface area contributed by atoms with Gasteiger partial charge in [-0.1, -0.05) is 0 Å². The maximum Gasteiger partial charge on any atom is 0.414 e. The number of carbonyl (C=O) groups excluding carboxylic acids is 4. The predicted molar refractivity (Wildman–Crippen MR) is 158 cm³/mol. The summed E-state index contributed by atoms with van der Waals surface area (Å²) in [7, 11) is 0. The van der Waals surface area contributed by atoms with Crippen LogP contribution in [0.3, 0.4) is 0 Å². The molecule has 0 aliphatic carbocycles. The van der Waals surface area contributed by atoms with Crippen LogP contribution >= 0.6 is 0 Å². The second-order valence-corrected chi connectivity index (χ2v) is 12.4. The van der Waals surface area contributed by atoms with Crippen LogP contribution in [-0.4, -0.2) is 140 Å². The van der Waals surface area contributed by atoms with Gasteiger partial charge in [0.25, 0.3) is 0 Å². The van der Waals surface area contributed by atoms with Gasteiger partial charge < -0.3 is 28.7 Å². The second-order valence-electron chi connectivity index (χ2n) is 12.4. The van der Waals surface area contributed by atoms with Gasteiger partial charge in [-0.3, -0.25) is 30.1 Å². The molecular formula is C29H50N6O8. The van der Waals surface area contributed by atoms with Crippen molar-refractivity contribution in [3.63, 3.8) is 0 Å². The van der Waals surface area contributed by atoms with E-state index < -0.39 is 17.1 Å². The van der Waals surface area contributed by atoms with E-state index in [0.717, 1.165) is 26.1 Å². The van der Waals surface area contributed by atoms with Gasteiger partial charge in [-0.25, -0.2) is 9.59 Å². The third kappa shape index (κ3) is 10.5. The molecule has 0 radical (unpaired) electrons. The third-order valence-electron chi connectivity index (χ3n) is 7.93. The maximum atomic E-state index is 12.8. The molecule has 3 aliphatic rings. The average Bonchev–Trinajstić information content (AvgIpc) is 3.27. The standard InChI is InChI=1S/C29H50N6O8/c1-6-40-23(36)19-29(24(37)41-7-2)9-13-33(14-10-29)20-22-21-35(27(39)42-22)12-8-11-32-15-17-34(18-16-32)25(30)31-26(38)43-28(3,4)5/h22H,6-21H2,1-5H3,(H2,30,31,38). The highest BCUT2D eigenvalue weighted by molar-refractivity contribution is 5.92. The molecule has 0 saturated carbocycles. The number of piperidine rings is 1. The number of nitrogens with one attached hydrogen (secondary N) is 2. The van der Waals surface area contributed by atoms with Gasteiger partial charge >= 0.3 is 24.1 Å². The van der Waals surface area contributed by atoms with Crippen LogP contribution in [0.25, 0.3) is 0 Å². The Morgan fingerprint density at radius 2 is 1.63 bits per heavy atom. The first kappa shape index (κ1) is 34.4. The quantitative estimate of drug-likeness (QED) is 0.153. The summed E-state index contributed by atoms with van der Waals surface area (Å²) in [5, 5.41) is 10.7. The molecule has 0 bridgehead atoms. The molecule has 14 nitrogen and oxygen atoms in total. The van der Waals surface area contributed by atoms with Gasteiger partial charge in [0.15, 0.2) is 0 Å². The van der Waals surface area contributed by atoms with Gasteiger partial charge in [-0.05, 0) is 73.5 Å². The first-order chi connectivity index (χ1) is 20.3. The lowest BCUT2D eigenvalue weighted by Crippen LogP contribution is -2.53. The SMILES string of the molecule is CCOC(=O)CC1(C(=O)OCC)CCN(CC2CN(CCCN3CCN(C(=N)NC(=O)OC(C)(C)C)CC3)C(=O)O2)CC1. The Bertz CT molecular complexity index is 986. The highest BCUT2D eigenvalue weighted by Crippen LogP contribution is 2.37. The van der Waals surface area contributed by atoms with Gasteiger partial charge in [-0.15, -0.1) is 0 Å². The summed E-state index contributed by atoms with van der Waals surface area (Å²) >= 11 is 0. The van der Waals surface area contributed by atoms with Crippen LogP contribution < -0.4 is 5.32 Å². The van der Waals surface area contributed by atoms with Crippen molar-refractivity contribution >= 4 is 30.1 Å². The Morgan fingerprint density at radius 3 is 2.23 bits per heavy atom. The number of cyclic esters (lactones) is 1. The molecule has 1 atom stereocenters. The number of esters is 2. The largest absolute Gasteiger partial charge is 0.466 e. The van der Waals surface area contributed by atoms with E-state index in [-0.39, 0.29) is 49.7 Å². The van der Waals surface area contributed by atoms with Gasteiger partial charge in [0.2, 0.25) is 5.96 Å². The molecule has 2 N–H and O–H groups in total. The molecule has 1 unspecified atom stereocenters. The fourth-order valence-electron chi connectivity index (χ4n) is 5.69. The summed E-state index contributed by atoms with van der Waals surface area (Å²) in [6.07, 6.45) is 0.596. The molecule has 0 aromatic heterocycles. The Morgan fingerprint density at radius 1 is 0.977 bits per heavy atom. The van der Waals surface area contributed by atoms with Crippen LogP contribution in [0.1, 0.15) is 60.3 Å². The van der Waals surface area contributed by atoms with Crippen LogP contribution in [0.4, 0.5) is 9.59 Å². The molecule has 0 aromatic rings. The summed E-state index contributed by atoms with van der Waals surface area (Å²) in [5.74, 6) is -0.696. The van der Waals surface area contributed by atoms with Gasteiger partial charge in [-0.2, -0.15) is 0 Å². The number of carbonyl (C=O) groups is 4. The Kier molecular flexibility index (Phi) is 12.4. The molecule has 3 rings (SSSR count). The third-order valence-corrected chi connectivity index (χ3v) is 7.93. The van der Waals surface area contributed by atoms with E-state index in [1.165, 1.54) is 0 Å². The maximum absolute atomic E-state index is 12.8. The minimum Gasteiger partial charge on any atom is -0.466 e. The molecule has 14 heteroatoms. The lowest BCUT2D eigenvalue weighted by Gasteiger charge is -2.39. The Hall–Kier alpha value is -3.13. The van der Waals surface area contributed by atoms with E-state index in [2.05, 4.69) is 15.1 Å². The van der Waals surface area contributed by atoms with Crippen molar-refractivity contribution < 1.29 is 38.1 Å². The number of likely N-dealkylation sites (tertiary alicyclic amines) is 1. The number of ether oxygens (including phenoxy) is 4. The topological polar surface area (TPSA) is 154 Å². The fraction of sp³-hybridized carbons (Fsp3) is 0.828. The normalized spacial score (nSPS) is 21.2. The number of hydrogen-bond acceptors (Lipinski definition) is 11. The Labute approximate surface area is 254 Å². The van der Waals surface area contributed by atoms with Crippen LogP contribution in [0.15, 0.2) is 0 Å². The average molecular weight is 611 g/mol. The predicted octanol–water partition coefficient (Wildman–Crippen LogP) is 1.87. The molecule has 3 fully saturated rings. The minimum absolute atomic E-state index is 0.0141. The summed E-state index contributed by atoms with van der Waals surface area (Å²) in [5.41, 5.74) is -1.50. The zero-order chi connectivity index (χ0) is 31.6. The van der Waals surface area contributed by atoms with E-state index >= 15 is 0 Å². The number of rotatable bonds is 11. The van der Waals surface area contributed by atoms with Crippen LogP contribution in [-0.2, 0) is 28.5 Å². The second kappa shape index (κ2) is 15.6. The number of amides is 2. The zero-order valence-electron chi connectivity index (χ0n) is 26.4. The monoisotopic (exact) mass is 610 g/mol. The molecule has 3 saturated heterocycles. The van der Waals surface area contributed by atoms with Gasteiger partial charge in [0, 0.05) is 39.3 Å². The molecule has 0 aromatic carbocycles. The van der Waals surface area contributed by atoms with Gasteiger partial charge in [0.1, 0.15) is 11.7 Å². The van der Waals surface area contributed by atoms with Crippen molar-refractivity contribution in [3.8, 4) is 0 Å². The number of alkyl carbamates (subject to hydrolysis) is 1. The van der Waals surface area contributed by atoms with Crippen molar-refractivity contribution in [3.05, 3.63) is 0 Å². The van der Waals surface area contributed by atoms with E-state index in [4.69, 9.17) is 24.4 Å². The van der Waals surface area contributed by atoms with E-state index in [9.17, 15) is 19.2 Å². The molecular weight excluding hydrogens is 560 g/mol. The van der Waals surface area contributed by atoms with E-state index in [1.54, 1.807) is 39.5 Å². The number of guanidine groups is 1. The van der Waals surface area contributed by atoms with Gasteiger partial charge in [0.05, 0.1) is 31.6 Å². The first-order valence-electron chi connectivity index (χ1n) is 15.4. The highest BCUT2D eigenvalue weighted by Gasteiger charge is 2.45. The molecule has 2 amide bonds. The van der Waals surface area contributed by atoms with Crippen LogP contribution in [0, 0.1) is 10.8 Å². The lowest BCUT2D eigenvalue weighted by atomic mass is 9.75. The smallest absolute Gasteiger partial charge is 0.414 e. The lowest BCUT2D eigenvalue weighted by molar-refractivity contribution is -0.165. The van der Waals surface area contributed by atoms with Crippen molar-refractivity contribution in [2.45, 2.75) is 72.0 Å². The zero-order valence-corrected chi connectivity index (χ0v) is 26.4. The first-order valence-corrected chi connectivity index (χ1v) is 15.4. The molecule has 3 heterocycles. The minimum atomic E-state index is -0.877. The van der Waals surface area contributed by atoms with Crippen molar-refractivity contribution in [1.29, 1.82) is 5.41 Å². The van der Waals surface area contributed by atoms with Crippen molar-refractivity contribution in [2.24, 2.45) is 5.41 Å². The summed E-state index contributed by atoms with van der Waals surface area (Å²) in [6, 6.07) is 0. The fourth-order valence-corrected chi connectivity index (χ4v) is 5.69. The number of piperazine rings is 1. The van der Waals surface area contributed by atoms with Crippen LogP contribution in [0.2, 0.25) is 0 Å². The highest BCUT2D eigenvalue weighted by atomic mass is 16.6. The summed E-state index contributed by atoms with van der Waals surface area (Å²) < 4.78 is 21.3. The number of hydrogen-bond donors (Lipinski definition) is 2.